The van der Waals surface area contributed by atoms with Crippen molar-refractivity contribution in [2.75, 3.05) is 10.6 Å². The lowest BCUT2D eigenvalue weighted by molar-refractivity contribution is -0.117. The van der Waals surface area contributed by atoms with Crippen molar-refractivity contribution in [3.05, 3.63) is 24.0 Å². The maximum Gasteiger partial charge on any atom is 0.240 e. The minimum atomic E-state index is -0.663. The van der Waals surface area contributed by atoms with Crippen molar-refractivity contribution in [2.45, 2.75) is 19.9 Å². The Kier molecular flexibility index (Phi) is 6.29. The first-order chi connectivity index (χ1) is 7.90. The van der Waals surface area contributed by atoms with Crippen molar-refractivity contribution in [3.63, 3.8) is 0 Å². The maximum absolute atomic E-state index is 13.3. The molecule has 0 bridgehead atoms. The molecule has 0 spiro atoms. The molecular weight excluding hydrogens is 261 g/mol. The number of hydrogen-bond donors (Lipinski definition) is 3. The molecule has 100 valence electrons. The Labute approximate surface area is 110 Å². The molecule has 0 unspecified atom stereocenters. The van der Waals surface area contributed by atoms with Crippen LogP contribution in [0.5, 0.6) is 0 Å². The number of benzene rings is 1. The lowest BCUT2D eigenvalue weighted by atomic mass is 10.2. The number of nitrogens with one attached hydrogen (secondary N) is 2. The van der Waals surface area contributed by atoms with Gasteiger partial charge in [0.15, 0.2) is 0 Å². The van der Waals surface area contributed by atoms with E-state index in [1.807, 2.05) is 0 Å². The van der Waals surface area contributed by atoms with Gasteiger partial charge in [0.25, 0.3) is 0 Å². The molecule has 0 aromatic heterocycles. The van der Waals surface area contributed by atoms with Crippen LogP contribution in [0.15, 0.2) is 18.2 Å². The second-order valence-electron chi connectivity index (χ2n) is 3.65. The summed E-state index contributed by atoms with van der Waals surface area (Å²) in [6.07, 6.45) is 0. The fourth-order valence-corrected chi connectivity index (χ4v) is 1.14. The number of halogens is 2. The zero-order valence-corrected chi connectivity index (χ0v) is 10.8. The minimum Gasteiger partial charge on any atom is -0.325 e. The molecule has 1 aromatic rings. The monoisotopic (exact) mass is 275 g/mol. The molecule has 5 nitrogen and oxygen atoms in total. The minimum absolute atomic E-state index is 0. The van der Waals surface area contributed by atoms with E-state index >= 15 is 0 Å². The van der Waals surface area contributed by atoms with Gasteiger partial charge in [0.1, 0.15) is 5.82 Å². The second kappa shape index (κ2) is 6.93. The molecular formula is C11H15ClFN3O2. The lowest BCUT2D eigenvalue weighted by Crippen LogP contribution is -2.32. The standard InChI is InChI=1S/C11H14FN3O2.ClH/c1-6(13)11(17)15-8-3-4-9(12)10(5-8)14-7(2)16;/h3-6H,13H2,1-2H3,(H,14,16)(H,15,17);1H/t6-;/m1./s1. The van der Waals surface area contributed by atoms with E-state index in [2.05, 4.69) is 10.6 Å². The maximum atomic E-state index is 13.3. The molecule has 0 aliphatic heterocycles. The van der Waals surface area contributed by atoms with Crippen LogP contribution < -0.4 is 16.4 Å². The Morgan fingerprint density at radius 2 is 1.94 bits per heavy atom. The fourth-order valence-electron chi connectivity index (χ4n) is 1.14. The van der Waals surface area contributed by atoms with Gasteiger partial charge >= 0.3 is 0 Å². The van der Waals surface area contributed by atoms with Gasteiger partial charge in [-0.25, -0.2) is 4.39 Å². The smallest absolute Gasteiger partial charge is 0.240 e. The summed E-state index contributed by atoms with van der Waals surface area (Å²) in [6.45, 7) is 2.81. The van der Waals surface area contributed by atoms with Gasteiger partial charge < -0.3 is 16.4 Å². The molecule has 0 saturated heterocycles. The molecule has 0 saturated carbocycles. The Bertz CT molecular complexity index is 452. The van der Waals surface area contributed by atoms with Crippen LogP contribution in [-0.4, -0.2) is 17.9 Å². The number of anilines is 2. The highest BCUT2D eigenvalue weighted by Crippen LogP contribution is 2.19. The predicted octanol–water partition coefficient (Wildman–Crippen LogP) is 1.49. The number of hydrogen-bond acceptors (Lipinski definition) is 3. The molecule has 7 heteroatoms. The van der Waals surface area contributed by atoms with E-state index in [1.54, 1.807) is 0 Å². The zero-order valence-electron chi connectivity index (χ0n) is 9.99. The Morgan fingerprint density at radius 3 is 2.44 bits per heavy atom. The van der Waals surface area contributed by atoms with Crippen molar-refractivity contribution < 1.29 is 14.0 Å². The van der Waals surface area contributed by atoms with Crippen molar-refractivity contribution >= 4 is 35.6 Å². The van der Waals surface area contributed by atoms with Gasteiger partial charge in [0, 0.05) is 12.6 Å². The summed E-state index contributed by atoms with van der Waals surface area (Å²) < 4.78 is 13.3. The average molecular weight is 276 g/mol. The van der Waals surface area contributed by atoms with Crippen LogP contribution >= 0.6 is 12.4 Å². The molecule has 4 N–H and O–H groups in total. The summed E-state index contributed by atoms with van der Waals surface area (Å²) in [5.74, 6) is -1.34. The van der Waals surface area contributed by atoms with Gasteiger partial charge in [-0.1, -0.05) is 0 Å². The average Bonchev–Trinajstić information content (AvgIpc) is 2.22. The van der Waals surface area contributed by atoms with Gasteiger partial charge in [-0.15, -0.1) is 12.4 Å². The topological polar surface area (TPSA) is 84.2 Å². The highest BCUT2D eigenvalue weighted by molar-refractivity contribution is 5.95. The summed E-state index contributed by atoms with van der Waals surface area (Å²) in [4.78, 5) is 22.1. The van der Waals surface area contributed by atoms with Gasteiger partial charge in [0.2, 0.25) is 11.8 Å². The second-order valence-corrected chi connectivity index (χ2v) is 3.65. The fraction of sp³-hybridized carbons (Fsp3) is 0.273. The summed E-state index contributed by atoms with van der Waals surface area (Å²) in [5.41, 5.74) is 5.76. The summed E-state index contributed by atoms with van der Waals surface area (Å²) in [5, 5.41) is 4.82. The molecule has 0 aliphatic rings. The number of nitrogens with two attached hydrogens (primary N) is 1. The van der Waals surface area contributed by atoms with Crippen LogP contribution in [0.2, 0.25) is 0 Å². The van der Waals surface area contributed by atoms with E-state index in [1.165, 1.54) is 26.0 Å². The van der Waals surface area contributed by atoms with Crippen molar-refractivity contribution in [1.29, 1.82) is 0 Å². The van der Waals surface area contributed by atoms with Gasteiger partial charge in [-0.05, 0) is 25.1 Å². The van der Waals surface area contributed by atoms with Gasteiger partial charge in [0.05, 0.1) is 11.7 Å². The van der Waals surface area contributed by atoms with E-state index in [0.717, 1.165) is 6.07 Å². The molecule has 1 rings (SSSR count). The lowest BCUT2D eigenvalue weighted by Gasteiger charge is -2.10. The Morgan fingerprint density at radius 1 is 1.33 bits per heavy atom. The quantitative estimate of drug-likeness (QED) is 0.781. The Balaban J connectivity index is 0.00000289. The number of rotatable bonds is 3. The number of carbonyl (C=O) groups is 2. The van der Waals surface area contributed by atoms with Crippen LogP contribution in [0.25, 0.3) is 0 Å². The molecule has 18 heavy (non-hydrogen) atoms. The molecule has 2 amide bonds. The van der Waals surface area contributed by atoms with E-state index in [0.29, 0.717) is 5.69 Å². The predicted molar refractivity (Wildman–Crippen MR) is 70.2 cm³/mol. The SMILES string of the molecule is CC(=O)Nc1cc(NC(=O)[C@@H](C)N)ccc1F.Cl. The van der Waals surface area contributed by atoms with Crippen LogP contribution in [0, 0.1) is 5.82 Å². The number of amides is 2. The van der Waals surface area contributed by atoms with Crippen LogP contribution in [-0.2, 0) is 9.59 Å². The molecule has 0 radical (unpaired) electrons. The molecule has 0 fully saturated rings. The van der Waals surface area contributed by atoms with Crippen LogP contribution in [0.3, 0.4) is 0 Å². The van der Waals surface area contributed by atoms with Crippen LogP contribution in [0.1, 0.15) is 13.8 Å². The van der Waals surface area contributed by atoms with Crippen LogP contribution in [0.4, 0.5) is 15.8 Å². The first-order valence-corrected chi connectivity index (χ1v) is 5.03. The molecule has 0 aliphatic carbocycles. The first-order valence-electron chi connectivity index (χ1n) is 5.03. The first kappa shape index (κ1) is 16.3. The van der Waals surface area contributed by atoms with Crippen molar-refractivity contribution in [1.82, 2.24) is 0 Å². The molecule has 1 atom stereocenters. The van der Waals surface area contributed by atoms with Crippen molar-refractivity contribution in [3.8, 4) is 0 Å². The normalized spacial score (nSPS) is 11.1. The third kappa shape index (κ3) is 4.68. The van der Waals surface area contributed by atoms with E-state index in [-0.39, 0.29) is 29.9 Å². The van der Waals surface area contributed by atoms with E-state index < -0.39 is 11.9 Å². The van der Waals surface area contributed by atoms with Gasteiger partial charge in [-0.2, -0.15) is 0 Å². The summed E-state index contributed by atoms with van der Waals surface area (Å²) in [7, 11) is 0. The third-order valence-electron chi connectivity index (χ3n) is 1.96. The van der Waals surface area contributed by atoms with Crippen molar-refractivity contribution in [2.24, 2.45) is 5.73 Å². The van der Waals surface area contributed by atoms with E-state index in [9.17, 15) is 14.0 Å². The number of carbonyl (C=O) groups excluding carboxylic acids is 2. The third-order valence-corrected chi connectivity index (χ3v) is 1.96. The van der Waals surface area contributed by atoms with Gasteiger partial charge in [-0.3, -0.25) is 9.59 Å². The van der Waals surface area contributed by atoms with E-state index in [4.69, 9.17) is 5.73 Å². The Hall–Kier alpha value is -1.66. The summed E-state index contributed by atoms with van der Waals surface area (Å²) >= 11 is 0. The summed E-state index contributed by atoms with van der Waals surface area (Å²) in [6, 6.07) is 3.21. The largest absolute Gasteiger partial charge is 0.325 e. The zero-order chi connectivity index (χ0) is 13.0. The molecule has 0 heterocycles. The highest BCUT2D eigenvalue weighted by atomic mass is 35.5. The molecule has 1 aromatic carbocycles. The highest BCUT2D eigenvalue weighted by Gasteiger charge is 2.10.